The molecule has 1 heterocycles. The van der Waals surface area contributed by atoms with E-state index in [1.165, 1.54) is 4.90 Å². The third kappa shape index (κ3) is 5.99. The highest BCUT2D eigenvalue weighted by Crippen LogP contribution is 2.41. The molecule has 1 aliphatic heterocycles. The number of likely N-dealkylation sites (tertiary alicyclic amines) is 1. The maximum atomic E-state index is 13.3. The zero-order chi connectivity index (χ0) is 26.4. The number of hydrogen-bond acceptors (Lipinski definition) is 7. The Labute approximate surface area is 213 Å². The molecule has 0 saturated carbocycles. The van der Waals surface area contributed by atoms with E-state index in [0.717, 1.165) is 0 Å². The second-order valence-electron chi connectivity index (χ2n) is 9.06. The Bertz CT molecular complexity index is 1110. The number of carbonyl (C=O) groups excluding carboxylic acids is 2. The zero-order valence-electron chi connectivity index (χ0n) is 21.9. The van der Waals surface area contributed by atoms with Crippen molar-refractivity contribution in [2.45, 2.75) is 39.8 Å². The van der Waals surface area contributed by atoms with Gasteiger partial charge in [-0.25, -0.2) is 0 Å². The summed E-state index contributed by atoms with van der Waals surface area (Å²) in [6.07, 6.45) is 0.0122. The maximum Gasteiger partial charge on any atom is 0.295 e. The lowest BCUT2D eigenvalue weighted by molar-refractivity contribution is -0.140. The smallest absolute Gasteiger partial charge is 0.295 e. The molecule has 0 aromatic heterocycles. The average Bonchev–Trinajstić information content (AvgIpc) is 3.08. The standard InChI is InChI=1S/C28H36N2O6/c1-7-34-21-13-14-22(23(17-21)35-8-2)26(31)24-25(19-9-11-20(12-10-19)36-18(3)4)30(16-15-29(5)6)28(33)27(24)32/h9-14,17-18,25,31H,7-8,15-16H2,1-6H3/b26-24-. The molecule has 1 atom stereocenters. The van der Waals surface area contributed by atoms with Crippen molar-refractivity contribution in [1.82, 2.24) is 9.80 Å². The molecule has 3 rings (SSSR count). The molecule has 0 aliphatic carbocycles. The molecule has 1 amide bonds. The third-order valence-corrected chi connectivity index (χ3v) is 5.71. The molecular weight excluding hydrogens is 460 g/mol. The minimum Gasteiger partial charge on any atom is -0.507 e. The van der Waals surface area contributed by atoms with Gasteiger partial charge < -0.3 is 29.1 Å². The van der Waals surface area contributed by atoms with Gasteiger partial charge in [-0.15, -0.1) is 0 Å². The lowest BCUT2D eigenvalue weighted by atomic mass is 9.95. The third-order valence-electron chi connectivity index (χ3n) is 5.71. The molecule has 2 aromatic carbocycles. The van der Waals surface area contributed by atoms with Crippen molar-refractivity contribution < 1.29 is 28.9 Å². The summed E-state index contributed by atoms with van der Waals surface area (Å²) in [7, 11) is 3.80. The van der Waals surface area contributed by atoms with Crippen LogP contribution in [0.15, 0.2) is 48.0 Å². The quantitative estimate of drug-likeness (QED) is 0.283. The van der Waals surface area contributed by atoms with Crippen LogP contribution in [0.4, 0.5) is 0 Å². The van der Waals surface area contributed by atoms with Crippen molar-refractivity contribution in [2.75, 3.05) is 40.4 Å². The molecule has 194 valence electrons. The van der Waals surface area contributed by atoms with E-state index in [9.17, 15) is 14.7 Å². The van der Waals surface area contributed by atoms with E-state index >= 15 is 0 Å². The lowest BCUT2D eigenvalue weighted by Gasteiger charge is -2.27. The molecule has 2 aromatic rings. The summed E-state index contributed by atoms with van der Waals surface area (Å²) in [5.74, 6) is -0.00477. The predicted molar refractivity (Wildman–Crippen MR) is 139 cm³/mol. The van der Waals surface area contributed by atoms with E-state index in [-0.39, 0.29) is 17.4 Å². The van der Waals surface area contributed by atoms with Crippen molar-refractivity contribution in [1.29, 1.82) is 0 Å². The number of ether oxygens (including phenoxy) is 3. The maximum absolute atomic E-state index is 13.3. The Morgan fingerprint density at radius 2 is 1.64 bits per heavy atom. The van der Waals surface area contributed by atoms with Crippen LogP contribution in [-0.2, 0) is 9.59 Å². The molecule has 1 aliphatic rings. The van der Waals surface area contributed by atoms with E-state index in [2.05, 4.69) is 0 Å². The predicted octanol–water partition coefficient (Wildman–Crippen LogP) is 4.25. The Morgan fingerprint density at radius 3 is 2.22 bits per heavy atom. The topological polar surface area (TPSA) is 88.5 Å². The first-order valence-electron chi connectivity index (χ1n) is 12.3. The number of benzene rings is 2. The summed E-state index contributed by atoms with van der Waals surface area (Å²) in [6, 6.07) is 11.5. The first-order valence-corrected chi connectivity index (χ1v) is 12.3. The highest BCUT2D eigenvalue weighted by atomic mass is 16.5. The molecule has 0 spiro atoms. The van der Waals surface area contributed by atoms with Crippen molar-refractivity contribution in [3.8, 4) is 17.2 Å². The van der Waals surface area contributed by atoms with E-state index in [1.807, 2.05) is 71.0 Å². The molecule has 1 fully saturated rings. The van der Waals surface area contributed by atoms with Gasteiger partial charge in [0.15, 0.2) is 0 Å². The Balaban J connectivity index is 2.14. The van der Waals surface area contributed by atoms with Crippen LogP contribution in [0.1, 0.15) is 44.9 Å². The second-order valence-corrected chi connectivity index (χ2v) is 9.06. The van der Waals surface area contributed by atoms with Crippen LogP contribution >= 0.6 is 0 Å². The SMILES string of the molecule is CCOc1ccc(/C(O)=C2/C(=O)C(=O)N(CCN(C)C)C2c2ccc(OC(C)C)cc2)c(OCC)c1. The van der Waals surface area contributed by atoms with Gasteiger partial charge in [0, 0.05) is 19.2 Å². The number of aliphatic hydroxyl groups excluding tert-OH is 1. The number of ketones is 1. The number of carbonyl (C=O) groups is 2. The zero-order valence-corrected chi connectivity index (χ0v) is 21.9. The van der Waals surface area contributed by atoms with E-state index in [0.29, 0.717) is 54.7 Å². The minimum absolute atomic E-state index is 0.0122. The van der Waals surface area contributed by atoms with Gasteiger partial charge in [-0.1, -0.05) is 12.1 Å². The molecule has 36 heavy (non-hydrogen) atoms. The number of rotatable bonds is 11. The number of amides is 1. The first kappa shape index (κ1) is 27.1. The number of nitrogens with zero attached hydrogens (tertiary/aromatic N) is 2. The lowest BCUT2D eigenvalue weighted by Crippen LogP contribution is -2.35. The molecule has 1 saturated heterocycles. The van der Waals surface area contributed by atoms with E-state index in [4.69, 9.17) is 14.2 Å². The molecule has 1 N–H and O–H groups in total. The van der Waals surface area contributed by atoms with Gasteiger partial charge in [0.05, 0.1) is 36.5 Å². The van der Waals surface area contributed by atoms with Gasteiger partial charge in [-0.05, 0) is 71.6 Å². The summed E-state index contributed by atoms with van der Waals surface area (Å²) in [5.41, 5.74) is 1.06. The molecular formula is C28H36N2O6. The monoisotopic (exact) mass is 496 g/mol. The van der Waals surface area contributed by atoms with Crippen molar-refractivity contribution in [3.05, 3.63) is 59.2 Å². The normalized spacial score (nSPS) is 17.2. The van der Waals surface area contributed by atoms with Gasteiger partial charge in [-0.3, -0.25) is 9.59 Å². The summed E-state index contributed by atoms with van der Waals surface area (Å²) in [4.78, 5) is 29.9. The molecule has 8 heteroatoms. The minimum atomic E-state index is -0.751. The molecule has 1 unspecified atom stereocenters. The first-order chi connectivity index (χ1) is 17.2. The van der Waals surface area contributed by atoms with Crippen LogP contribution < -0.4 is 14.2 Å². The van der Waals surface area contributed by atoms with Crippen molar-refractivity contribution >= 4 is 17.4 Å². The van der Waals surface area contributed by atoms with Crippen LogP contribution in [0.5, 0.6) is 17.2 Å². The number of likely N-dealkylation sites (N-methyl/N-ethyl adjacent to an activating group) is 1. The summed E-state index contributed by atoms with van der Waals surface area (Å²) in [5, 5.41) is 11.5. The summed E-state index contributed by atoms with van der Waals surface area (Å²) >= 11 is 0. The van der Waals surface area contributed by atoms with Crippen LogP contribution in [0.25, 0.3) is 5.76 Å². The van der Waals surface area contributed by atoms with Gasteiger partial charge >= 0.3 is 0 Å². The Morgan fingerprint density at radius 1 is 1.00 bits per heavy atom. The van der Waals surface area contributed by atoms with Crippen LogP contribution in [0, 0.1) is 0 Å². The molecule has 8 nitrogen and oxygen atoms in total. The second kappa shape index (κ2) is 11.9. The highest BCUT2D eigenvalue weighted by Gasteiger charge is 2.46. The molecule has 0 bridgehead atoms. The van der Waals surface area contributed by atoms with E-state index < -0.39 is 17.7 Å². The van der Waals surface area contributed by atoms with Crippen LogP contribution in [-0.4, -0.2) is 73.1 Å². The highest BCUT2D eigenvalue weighted by molar-refractivity contribution is 6.46. The Kier molecular flexibility index (Phi) is 8.98. The van der Waals surface area contributed by atoms with Gasteiger partial charge in [0.25, 0.3) is 11.7 Å². The fraction of sp³-hybridized carbons (Fsp3) is 0.429. The fourth-order valence-electron chi connectivity index (χ4n) is 4.14. The van der Waals surface area contributed by atoms with Gasteiger partial charge in [-0.2, -0.15) is 0 Å². The van der Waals surface area contributed by atoms with Crippen molar-refractivity contribution in [3.63, 3.8) is 0 Å². The van der Waals surface area contributed by atoms with Gasteiger partial charge in [0.1, 0.15) is 23.0 Å². The molecule has 0 radical (unpaired) electrons. The van der Waals surface area contributed by atoms with Gasteiger partial charge in [0.2, 0.25) is 0 Å². The summed E-state index contributed by atoms with van der Waals surface area (Å²) < 4.78 is 17.1. The number of Topliss-reactive ketones (excluding diaryl/α,β-unsaturated/α-hetero) is 1. The van der Waals surface area contributed by atoms with E-state index in [1.54, 1.807) is 18.2 Å². The van der Waals surface area contributed by atoms with Crippen LogP contribution in [0.3, 0.4) is 0 Å². The van der Waals surface area contributed by atoms with Crippen molar-refractivity contribution in [2.24, 2.45) is 0 Å². The number of aliphatic hydroxyl groups is 1. The Hall–Kier alpha value is -3.52. The van der Waals surface area contributed by atoms with Crippen LogP contribution in [0.2, 0.25) is 0 Å². The summed E-state index contributed by atoms with van der Waals surface area (Å²) in [6.45, 7) is 9.31. The fourth-order valence-corrected chi connectivity index (χ4v) is 4.14. The average molecular weight is 497 g/mol. The number of hydrogen-bond donors (Lipinski definition) is 1. The largest absolute Gasteiger partial charge is 0.507 e.